The predicted molar refractivity (Wildman–Crippen MR) is 90.1 cm³/mol. The zero-order chi connectivity index (χ0) is 16.6. The highest BCUT2D eigenvalue weighted by Gasteiger charge is 2.18. The maximum absolute atomic E-state index is 12.9. The van der Waals surface area contributed by atoms with Crippen molar-refractivity contribution in [2.75, 3.05) is 0 Å². The number of hydrogen-bond donors (Lipinski definition) is 0. The molecule has 0 aliphatic carbocycles. The van der Waals surface area contributed by atoms with E-state index in [2.05, 4.69) is 4.98 Å². The monoisotopic (exact) mass is 312 g/mol. The van der Waals surface area contributed by atoms with E-state index in [1.807, 2.05) is 51.1 Å². The second kappa shape index (κ2) is 5.87. The fraction of sp³-hybridized carbons (Fsp3) is 0.353. The number of benzene rings is 1. The molecular weight excluding hydrogens is 292 g/mol. The van der Waals surface area contributed by atoms with Gasteiger partial charge in [0.15, 0.2) is 11.2 Å². The van der Waals surface area contributed by atoms with Crippen LogP contribution in [0.2, 0.25) is 0 Å². The van der Waals surface area contributed by atoms with E-state index in [4.69, 9.17) is 0 Å². The van der Waals surface area contributed by atoms with Crippen molar-refractivity contribution in [2.24, 2.45) is 5.92 Å². The van der Waals surface area contributed by atoms with Crippen LogP contribution in [-0.2, 0) is 13.1 Å². The molecule has 0 radical (unpaired) electrons. The van der Waals surface area contributed by atoms with Crippen LogP contribution >= 0.6 is 0 Å². The molecule has 1 aromatic carbocycles. The first kappa shape index (κ1) is 15.3. The van der Waals surface area contributed by atoms with E-state index < -0.39 is 0 Å². The van der Waals surface area contributed by atoms with Gasteiger partial charge < -0.3 is 4.57 Å². The lowest BCUT2D eigenvalue weighted by atomic mass is 10.2. The largest absolute Gasteiger partial charge is 0.337 e. The summed E-state index contributed by atoms with van der Waals surface area (Å²) in [6.45, 7) is 6.93. The number of aromatic nitrogens is 4. The Morgan fingerprint density at radius 2 is 1.83 bits per heavy atom. The highest BCUT2D eigenvalue weighted by Crippen LogP contribution is 2.13. The molecule has 120 valence electrons. The van der Waals surface area contributed by atoms with E-state index in [9.17, 15) is 9.59 Å². The van der Waals surface area contributed by atoms with Crippen molar-refractivity contribution in [3.05, 3.63) is 57.5 Å². The molecule has 0 aliphatic heterocycles. The summed E-state index contributed by atoms with van der Waals surface area (Å²) in [6.07, 6.45) is 1.62. The van der Waals surface area contributed by atoms with Crippen LogP contribution in [0.15, 0.2) is 46.2 Å². The molecule has 6 nitrogen and oxygen atoms in total. The van der Waals surface area contributed by atoms with E-state index in [1.165, 1.54) is 9.13 Å². The summed E-state index contributed by atoms with van der Waals surface area (Å²) >= 11 is 0. The molecule has 0 atom stereocenters. The second-order valence-corrected chi connectivity index (χ2v) is 5.97. The first-order chi connectivity index (χ1) is 11.0. The number of imidazole rings is 1. The highest BCUT2D eigenvalue weighted by molar-refractivity contribution is 5.72. The van der Waals surface area contributed by atoms with Gasteiger partial charge in [-0.1, -0.05) is 32.0 Å². The Bertz CT molecular complexity index is 948. The van der Waals surface area contributed by atoms with Crippen molar-refractivity contribution in [1.29, 1.82) is 0 Å². The Labute approximate surface area is 133 Å². The molecule has 0 unspecified atom stereocenters. The van der Waals surface area contributed by atoms with Crippen LogP contribution < -0.4 is 11.2 Å². The Morgan fingerprint density at radius 1 is 1.13 bits per heavy atom. The van der Waals surface area contributed by atoms with Gasteiger partial charge in [0.2, 0.25) is 0 Å². The van der Waals surface area contributed by atoms with Gasteiger partial charge in [-0.3, -0.25) is 9.36 Å². The average molecular weight is 312 g/mol. The van der Waals surface area contributed by atoms with Gasteiger partial charge >= 0.3 is 5.69 Å². The van der Waals surface area contributed by atoms with Crippen molar-refractivity contribution in [1.82, 2.24) is 18.7 Å². The van der Waals surface area contributed by atoms with Crippen molar-refractivity contribution >= 4 is 11.2 Å². The minimum atomic E-state index is -0.344. The van der Waals surface area contributed by atoms with Crippen LogP contribution in [0.3, 0.4) is 0 Å². The summed E-state index contributed by atoms with van der Waals surface area (Å²) in [5, 5.41) is 0. The average Bonchev–Trinajstić information content (AvgIpc) is 2.96. The third kappa shape index (κ3) is 2.50. The SMILES string of the molecule is CCn1cnc2c1c(=O)n(CC(C)C)c(=O)n2-c1ccccc1. The molecule has 3 rings (SSSR count). The Hall–Kier alpha value is -2.63. The van der Waals surface area contributed by atoms with E-state index in [0.717, 1.165) is 0 Å². The molecule has 23 heavy (non-hydrogen) atoms. The lowest BCUT2D eigenvalue weighted by Gasteiger charge is -2.13. The van der Waals surface area contributed by atoms with Crippen LogP contribution in [0.1, 0.15) is 20.8 Å². The van der Waals surface area contributed by atoms with Crippen LogP contribution in [0.5, 0.6) is 0 Å². The van der Waals surface area contributed by atoms with Gasteiger partial charge in [-0.2, -0.15) is 0 Å². The minimum absolute atomic E-state index is 0.195. The van der Waals surface area contributed by atoms with Gasteiger partial charge in [0.1, 0.15) is 0 Å². The van der Waals surface area contributed by atoms with E-state index in [1.54, 1.807) is 10.9 Å². The Balaban J connectivity index is 2.46. The second-order valence-electron chi connectivity index (χ2n) is 5.97. The molecule has 0 amide bonds. The number of para-hydroxylation sites is 1. The first-order valence-corrected chi connectivity index (χ1v) is 7.80. The van der Waals surface area contributed by atoms with Crippen molar-refractivity contribution in [3.8, 4) is 5.69 Å². The summed E-state index contributed by atoms with van der Waals surface area (Å²) < 4.78 is 4.62. The molecule has 0 aliphatic rings. The molecular formula is C17H20N4O2. The number of fused-ring (bicyclic) bond motifs is 1. The number of aryl methyl sites for hydroxylation is 1. The minimum Gasteiger partial charge on any atom is -0.325 e. The molecule has 0 fully saturated rings. The van der Waals surface area contributed by atoms with Gasteiger partial charge in [-0.15, -0.1) is 0 Å². The topological polar surface area (TPSA) is 61.8 Å². The van der Waals surface area contributed by atoms with E-state index >= 15 is 0 Å². The van der Waals surface area contributed by atoms with Gasteiger partial charge in [0.25, 0.3) is 5.56 Å². The van der Waals surface area contributed by atoms with Crippen LogP contribution in [0.4, 0.5) is 0 Å². The fourth-order valence-corrected chi connectivity index (χ4v) is 2.76. The summed E-state index contributed by atoms with van der Waals surface area (Å²) in [6, 6.07) is 9.30. The van der Waals surface area contributed by atoms with Crippen LogP contribution in [-0.4, -0.2) is 18.7 Å². The number of nitrogens with zero attached hydrogens (tertiary/aromatic N) is 4. The lowest BCUT2D eigenvalue weighted by Crippen LogP contribution is -2.41. The van der Waals surface area contributed by atoms with Gasteiger partial charge in [-0.25, -0.2) is 14.3 Å². The third-order valence-corrected chi connectivity index (χ3v) is 3.80. The van der Waals surface area contributed by atoms with Gasteiger partial charge in [0.05, 0.1) is 12.0 Å². The summed E-state index contributed by atoms with van der Waals surface area (Å²) in [5.74, 6) is 0.195. The Kier molecular flexibility index (Phi) is 3.90. The molecule has 0 saturated heterocycles. The lowest BCUT2D eigenvalue weighted by molar-refractivity contribution is 0.489. The number of hydrogen-bond acceptors (Lipinski definition) is 3. The molecule has 0 spiro atoms. The van der Waals surface area contributed by atoms with Gasteiger partial charge in [0, 0.05) is 13.1 Å². The fourth-order valence-electron chi connectivity index (χ4n) is 2.76. The first-order valence-electron chi connectivity index (χ1n) is 7.80. The zero-order valence-corrected chi connectivity index (χ0v) is 13.6. The Morgan fingerprint density at radius 3 is 2.43 bits per heavy atom. The molecule has 0 saturated carbocycles. The van der Waals surface area contributed by atoms with Crippen LogP contribution in [0, 0.1) is 5.92 Å². The predicted octanol–water partition coefficient (Wildman–Crippen LogP) is 2.02. The third-order valence-electron chi connectivity index (χ3n) is 3.80. The molecule has 3 aromatic rings. The van der Waals surface area contributed by atoms with E-state index in [0.29, 0.717) is 29.9 Å². The number of rotatable bonds is 4. The normalized spacial score (nSPS) is 11.5. The van der Waals surface area contributed by atoms with Crippen molar-refractivity contribution in [3.63, 3.8) is 0 Å². The van der Waals surface area contributed by atoms with Gasteiger partial charge in [-0.05, 0) is 25.0 Å². The molecule has 0 N–H and O–H groups in total. The smallest absolute Gasteiger partial charge is 0.325 e. The zero-order valence-electron chi connectivity index (χ0n) is 13.6. The molecule has 6 heteroatoms. The standard InChI is InChI=1S/C17H20N4O2/c1-4-19-11-18-15-14(19)16(22)20(10-12(2)3)17(23)21(15)13-8-6-5-7-9-13/h5-9,11-12H,4,10H2,1-3H3. The van der Waals surface area contributed by atoms with Crippen molar-refractivity contribution in [2.45, 2.75) is 33.9 Å². The maximum Gasteiger partial charge on any atom is 0.337 e. The van der Waals surface area contributed by atoms with E-state index in [-0.39, 0.29) is 17.2 Å². The molecule has 0 bridgehead atoms. The summed E-state index contributed by atoms with van der Waals surface area (Å²) in [4.78, 5) is 30.0. The quantitative estimate of drug-likeness (QED) is 0.740. The molecule has 2 aromatic heterocycles. The van der Waals surface area contributed by atoms with Crippen LogP contribution in [0.25, 0.3) is 16.9 Å². The summed E-state index contributed by atoms with van der Waals surface area (Å²) in [7, 11) is 0. The summed E-state index contributed by atoms with van der Waals surface area (Å²) in [5.41, 5.74) is 0.972. The maximum atomic E-state index is 12.9. The van der Waals surface area contributed by atoms with Crippen molar-refractivity contribution < 1.29 is 0 Å². The highest BCUT2D eigenvalue weighted by atomic mass is 16.2. The molecule has 2 heterocycles.